The summed E-state index contributed by atoms with van der Waals surface area (Å²) in [6, 6.07) is 15.3. The van der Waals surface area contributed by atoms with Crippen molar-refractivity contribution in [3.05, 3.63) is 87.6 Å². The van der Waals surface area contributed by atoms with Crippen molar-refractivity contribution >= 4 is 23.4 Å². The summed E-state index contributed by atoms with van der Waals surface area (Å²) in [5.74, 6) is -0.588. The number of benzene rings is 2. The molecule has 29 heavy (non-hydrogen) atoms. The lowest BCUT2D eigenvalue weighted by Gasteiger charge is -2.15. The first-order valence-electron chi connectivity index (χ1n) is 9.33. The Balaban J connectivity index is 1.73. The van der Waals surface area contributed by atoms with Crippen LogP contribution >= 0.6 is 11.8 Å². The highest BCUT2D eigenvalue weighted by atomic mass is 32.2. The molecule has 0 fully saturated rings. The Kier molecular flexibility index (Phi) is 6.82. The number of hydrogen-bond donors (Lipinski definition) is 2. The first-order chi connectivity index (χ1) is 14.0. The van der Waals surface area contributed by atoms with Crippen molar-refractivity contribution in [2.75, 3.05) is 5.32 Å². The van der Waals surface area contributed by atoms with Gasteiger partial charge in [0.1, 0.15) is 5.82 Å². The SMILES string of the molecule is CCC(Sc1nc(C)c(Cc2ccccc2)c(=O)[nH]1)C(=O)Nc1ccc(F)cc1. The number of nitrogens with zero attached hydrogens (tertiary/aromatic N) is 1. The number of anilines is 1. The fraction of sp³-hybridized carbons (Fsp3) is 0.227. The quantitative estimate of drug-likeness (QED) is 0.449. The van der Waals surface area contributed by atoms with Crippen LogP contribution in [-0.2, 0) is 11.2 Å². The van der Waals surface area contributed by atoms with Crippen LogP contribution in [0.25, 0.3) is 0 Å². The first kappa shape index (κ1) is 20.8. The lowest BCUT2D eigenvalue weighted by Crippen LogP contribution is -2.26. The smallest absolute Gasteiger partial charge is 0.255 e. The van der Waals surface area contributed by atoms with Crippen molar-refractivity contribution in [2.24, 2.45) is 0 Å². The molecule has 5 nitrogen and oxygen atoms in total. The number of aromatic nitrogens is 2. The summed E-state index contributed by atoms with van der Waals surface area (Å²) in [6.45, 7) is 3.69. The predicted molar refractivity (Wildman–Crippen MR) is 114 cm³/mol. The molecule has 2 aromatic carbocycles. The molecular formula is C22H22FN3O2S. The molecule has 0 bridgehead atoms. The van der Waals surface area contributed by atoms with Gasteiger partial charge in [0.15, 0.2) is 5.16 Å². The van der Waals surface area contributed by atoms with Crippen molar-refractivity contribution in [3.63, 3.8) is 0 Å². The summed E-state index contributed by atoms with van der Waals surface area (Å²) in [6.07, 6.45) is 1.05. The number of hydrogen-bond acceptors (Lipinski definition) is 4. The average molecular weight is 412 g/mol. The third-order valence-corrected chi connectivity index (χ3v) is 5.70. The lowest BCUT2D eigenvalue weighted by molar-refractivity contribution is -0.115. The molecule has 0 aliphatic heterocycles. The van der Waals surface area contributed by atoms with Gasteiger partial charge in [-0.25, -0.2) is 9.37 Å². The molecule has 1 heterocycles. The Morgan fingerprint density at radius 2 is 1.86 bits per heavy atom. The molecular weight excluding hydrogens is 389 g/mol. The van der Waals surface area contributed by atoms with E-state index < -0.39 is 5.25 Å². The van der Waals surface area contributed by atoms with Crippen LogP contribution < -0.4 is 10.9 Å². The normalized spacial score (nSPS) is 11.8. The van der Waals surface area contributed by atoms with Gasteiger partial charge in [-0.2, -0.15) is 0 Å². The zero-order chi connectivity index (χ0) is 20.8. The molecule has 3 aromatic rings. The maximum atomic E-state index is 13.0. The lowest BCUT2D eigenvalue weighted by atomic mass is 10.1. The standard InChI is InChI=1S/C22H22FN3O2S/c1-3-19(21(28)25-17-11-9-16(23)10-12-17)29-22-24-14(2)18(20(27)26-22)13-15-7-5-4-6-8-15/h4-12,19H,3,13H2,1-2H3,(H,25,28)(H,24,26,27). The second-order valence-corrected chi connectivity index (χ2v) is 7.80. The van der Waals surface area contributed by atoms with E-state index in [1.165, 1.54) is 36.0 Å². The van der Waals surface area contributed by atoms with Crippen LogP contribution in [0.5, 0.6) is 0 Å². The number of H-pyrrole nitrogens is 1. The average Bonchev–Trinajstić information content (AvgIpc) is 2.71. The molecule has 3 rings (SSSR count). The molecule has 0 saturated heterocycles. The maximum Gasteiger partial charge on any atom is 0.255 e. The molecule has 0 radical (unpaired) electrons. The number of thioether (sulfide) groups is 1. The third-order valence-electron chi connectivity index (χ3n) is 4.45. The van der Waals surface area contributed by atoms with E-state index >= 15 is 0 Å². The molecule has 1 atom stereocenters. The summed E-state index contributed by atoms with van der Waals surface area (Å²) in [4.78, 5) is 32.4. The van der Waals surface area contributed by atoms with Crippen LogP contribution in [0, 0.1) is 12.7 Å². The van der Waals surface area contributed by atoms with E-state index in [1.807, 2.05) is 37.3 Å². The summed E-state index contributed by atoms with van der Waals surface area (Å²) < 4.78 is 13.0. The number of halogens is 1. The fourth-order valence-electron chi connectivity index (χ4n) is 2.86. The van der Waals surface area contributed by atoms with E-state index in [4.69, 9.17) is 0 Å². The molecule has 0 spiro atoms. The zero-order valence-electron chi connectivity index (χ0n) is 16.2. The third kappa shape index (κ3) is 5.54. The molecule has 1 amide bonds. The molecule has 1 unspecified atom stereocenters. The molecule has 2 N–H and O–H groups in total. The Hall–Kier alpha value is -2.93. The van der Waals surface area contributed by atoms with Crippen molar-refractivity contribution in [1.29, 1.82) is 0 Å². The van der Waals surface area contributed by atoms with Gasteiger partial charge in [-0.3, -0.25) is 9.59 Å². The Bertz CT molecular complexity index is 1040. The van der Waals surface area contributed by atoms with Crippen molar-refractivity contribution in [3.8, 4) is 0 Å². The van der Waals surface area contributed by atoms with Gasteiger partial charge in [0.05, 0.1) is 5.25 Å². The summed E-state index contributed by atoms with van der Waals surface area (Å²) in [7, 11) is 0. The van der Waals surface area contributed by atoms with Crippen LogP contribution in [0.2, 0.25) is 0 Å². The van der Waals surface area contributed by atoms with Gasteiger partial charge in [-0.1, -0.05) is 49.0 Å². The molecule has 1 aromatic heterocycles. The highest BCUT2D eigenvalue weighted by Gasteiger charge is 2.20. The largest absolute Gasteiger partial charge is 0.325 e. The van der Waals surface area contributed by atoms with E-state index in [0.717, 1.165) is 5.56 Å². The van der Waals surface area contributed by atoms with E-state index in [-0.39, 0.29) is 17.3 Å². The highest BCUT2D eigenvalue weighted by Crippen LogP contribution is 2.24. The van der Waals surface area contributed by atoms with Gasteiger partial charge in [-0.15, -0.1) is 0 Å². The van der Waals surface area contributed by atoms with Crippen molar-refractivity contribution in [2.45, 2.75) is 37.1 Å². The van der Waals surface area contributed by atoms with Crippen LogP contribution in [0.4, 0.5) is 10.1 Å². The minimum absolute atomic E-state index is 0.197. The number of rotatable bonds is 7. The molecule has 150 valence electrons. The number of nitrogens with one attached hydrogen (secondary N) is 2. The van der Waals surface area contributed by atoms with E-state index in [1.54, 1.807) is 6.92 Å². The number of carbonyl (C=O) groups is 1. The second-order valence-electron chi connectivity index (χ2n) is 6.61. The van der Waals surface area contributed by atoms with Gasteiger partial charge in [0, 0.05) is 23.4 Å². The summed E-state index contributed by atoms with van der Waals surface area (Å²) in [5, 5.41) is 2.73. The van der Waals surface area contributed by atoms with Crippen LogP contribution in [-0.4, -0.2) is 21.1 Å². The van der Waals surface area contributed by atoms with Gasteiger partial charge in [0.2, 0.25) is 5.91 Å². The zero-order valence-corrected chi connectivity index (χ0v) is 17.1. The number of aryl methyl sites for hydroxylation is 1. The van der Waals surface area contributed by atoms with Gasteiger partial charge >= 0.3 is 0 Å². The van der Waals surface area contributed by atoms with Crippen molar-refractivity contribution in [1.82, 2.24) is 9.97 Å². The minimum atomic E-state index is -0.442. The molecule has 0 aliphatic rings. The Labute approximate surface area is 172 Å². The first-order valence-corrected chi connectivity index (χ1v) is 10.2. The summed E-state index contributed by atoms with van der Waals surface area (Å²) in [5.41, 5.74) is 2.62. The van der Waals surface area contributed by atoms with E-state index in [0.29, 0.717) is 34.9 Å². The van der Waals surface area contributed by atoms with Crippen LogP contribution in [0.3, 0.4) is 0 Å². The maximum absolute atomic E-state index is 13.0. The Morgan fingerprint density at radius 3 is 2.48 bits per heavy atom. The highest BCUT2D eigenvalue weighted by molar-refractivity contribution is 8.00. The van der Waals surface area contributed by atoms with E-state index in [9.17, 15) is 14.0 Å². The van der Waals surface area contributed by atoms with Gasteiger partial charge < -0.3 is 10.3 Å². The molecule has 0 aliphatic carbocycles. The van der Waals surface area contributed by atoms with Crippen LogP contribution in [0.15, 0.2) is 64.5 Å². The fourth-order valence-corrected chi connectivity index (χ4v) is 3.80. The number of carbonyl (C=O) groups excluding carboxylic acids is 1. The molecule has 0 saturated carbocycles. The van der Waals surface area contributed by atoms with Gasteiger partial charge in [0.25, 0.3) is 5.56 Å². The topological polar surface area (TPSA) is 74.8 Å². The van der Waals surface area contributed by atoms with Gasteiger partial charge in [-0.05, 0) is 43.2 Å². The number of aromatic amines is 1. The summed E-state index contributed by atoms with van der Waals surface area (Å²) >= 11 is 1.21. The Morgan fingerprint density at radius 1 is 1.17 bits per heavy atom. The monoisotopic (exact) mass is 411 g/mol. The van der Waals surface area contributed by atoms with Crippen LogP contribution in [0.1, 0.15) is 30.2 Å². The van der Waals surface area contributed by atoms with Crippen molar-refractivity contribution < 1.29 is 9.18 Å². The second kappa shape index (κ2) is 9.52. The molecule has 7 heteroatoms. The van der Waals surface area contributed by atoms with E-state index in [2.05, 4.69) is 15.3 Å². The number of amides is 1. The minimum Gasteiger partial charge on any atom is -0.325 e. The predicted octanol–water partition coefficient (Wildman–Crippen LogP) is 4.32.